The number of amides is 1. The Morgan fingerprint density at radius 2 is 1.75 bits per heavy atom. The second kappa shape index (κ2) is 13.8. The van der Waals surface area contributed by atoms with Gasteiger partial charge in [0, 0.05) is 61.7 Å². The van der Waals surface area contributed by atoms with Crippen LogP contribution in [0.15, 0.2) is 87.7 Å². The molecular formula is C47H47FN10O5. The number of hydrogen-bond donors (Lipinski definition) is 1. The first-order valence-corrected chi connectivity index (χ1v) is 21.5. The van der Waals surface area contributed by atoms with Crippen LogP contribution in [0, 0.1) is 26.6 Å². The van der Waals surface area contributed by atoms with Crippen LogP contribution in [0.1, 0.15) is 114 Å². The minimum absolute atomic E-state index is 0.195. The predicted octanol–water partition coefficient (Wildman–Crippen LogP) is 6.97. The molecule has 11 rings (SSSR count). The molecule has 1 saturated carbocycles. The second-order valence-electron chi connectivity index (χ2n) is 18.2. The molecule has 2 aliphatic heterocycles. The fourth-order valence-electron chi connectivity index (χ4n) is 10.3. The van der Waals surface area contributed by atoms with Gasteiger partial charge in [-0.25, -0.2) is 23.6 Å². The quantitative estimate of drug-likeness (QED) is 0.181. The summed E-state index contributed by atoms with van der Waals surface area (Å²) >= 11 is 0. The molecule has 1 saturated heterocycles. The molecule has 1 amide bonds. The fraction of sp³-hybridized carbons (Fsp3) is 0.362. The summed E-state index contributed by atoms with van der Waals surface area (Å²) < 4.78 is 35.0. The van der Waals surface area contributed by atoms with Crippen LogP contribution in [-0.2, 0) is 16.6 Å². The van der Waals surface area contributed by atoms with Crippen molar-refractivity contribution < 1.29 is 18.4 Å². The summed E-state index contributed by atoms with van der Waals surface area (Å²) in [6.07, 6.45) is 14.6. The van der Waals surface area contributed by atoms with Gasteiger partial charge in [-0.15, -0.1) is 0 Å². The van der Waals surface area contributed by atoms with Crippen molar-refractivity contribution >= 4 is 16.9 Å². The van der Waals surface area contributed by atoms with Crippen LogP contribution in [0.3, 0.4) is 0 Å². The highest BCUT2D eigenvalue weighted by Gasteiger charge is 2.53. The lowest BCUT2D eigenvalue weighted by atomic mass is 9.84. The molecule has 0 spiro atoms. The van der Waals surface area contributed by atoms with E-state index >= 15 is 9.18 Å². The molecule has 3 aliphatic rings. The minimum atomic E-state index is -0.721. The molecule has 63 heavy (non-hydrogen) atoms. The van der Waals surface area contributed by atoms with Crippen LogP contribution in [0.2, 0.25) is 0 Å². The number of hydrogen-bond acceptors (Lipinski definition) is 8. The number of nitrogens with one attached hydrogen (secondary N) is 1. The van der Waals surface area contributed by atoms with Gasteiger partial charge in [-0.2, -0.15) is 5.10 Å². The van der Waals surface area contributed by atoms with E-state index in [1.54, 1.807) is 58.4 Å². The lowest BCUT2D eigenvalue weighted by Gasteiger charge is -2.35. The van der Waals surface area contributed by atoms with Gasteiger partial charge in [-0.3, -0.25) is 23.4 Å². The standard InChI is InChI=1S/C47H47FN10O5/c1-26-19-33(20-27(2)40(26)48)58-41(57-17-16-56(45(57)61)32-9-14-55-29(4)49-23-34(55)21-32)38-28(3)54(15-10-36(38)51-58)42(59)35-25-53-24-31(30-11-18-62-46(5,6)22-30)7-8-37(53)39(35)47(12-13-47)43-50-44(60)63-52-43/h7-9,14,16-17,19-21,23-25,28,30H,10-13,15,18,22H2,1-6H3,(H,50,52,60)/t28-,30?/m0/s1. The topological polar surface area (TPSA) is 155 Å². The average Bonchev–Trinajstić information content (AvgIpc) is 3.71. The average molecular weight is 851 g/mol. The first-order chi connectivity index (χ1) is 30.2. The number of rotatable bonds is 7. The number of nitrogens with zero attached hydrogens (tertiary/aromatic N) is 9. The summed E-state index contributed by atoms with van der Waals surface area (Å²) in [4.78, 5) is 51.5. The van der Waals surface area contributed by atoms with Crippen molar-refractivity contribution in [3.8, 4) is 17.2 Å². The van der Waals surface area contributed by atoms with Crippen LogP contribution in [0.4, 0.5) is 4.39 Å². The smallest absolute Gasteiger partial charge is 0.376 e. The van der Waals surface area contributed by atoms with Gasteiger partial charge in [0.15, 0.2) is 5.82 Å². The highest BCUT2D eigenvalue weighted by atomic mass is 19.1. The molecular weight excluding hydrogens is 804 g/mol. The zero-order valence-electron chi connectivity index (χ0n) is 36.0. The van der Waals surface area contributed by atoms with Crippen molar-refractivity contribution in [3.05, 3.63) is 151 Å². The monoisotopic (exact) mass is 850 g/mol. The third-order valence-electron chi connectivity index (χ3n) is 13.7. The minimum Gasteiger partial charge on any atom is -0.376 e. The van der Waals surface area contributed by atoms with Crippen molar-refractivity contribution in [2.45, 2.75) is 96.6 Å². The van der Waals surface area contributed by atoms with Crippen LogP contribution >= 0.6 is 0 Å². The molecule has 1 unspecified atom stereocenters. The highest BCUT2D eigenvalue weighted by Crippen LogP contribution is 2.55. The maximum absolute atomic E-state index is 15.4. The Hall–Kier alpha value is -6.81. The van der Waals surface area contributed by atoms with E-state index in [2.05, 4.69) is 47.3 Å². The summed E-state index contributed by atoms with van der Waals surface area (Å²) in [6, 6.07) is 10.9. The van der Waals surface area contributed by atoms with Crippen LogP contribution in [0.25, 0.3) is 28.2 Å². The maximum Gasteiger partial charge on any atom is 0.438 e. The van der Waals surface area contributed by atoms with Gasteiger partial charge in [-0.1, -0.05) is 11.2 Å². The zero-order valence-corrected chi connectivity index (χ0v) is 36.0. The van der Waals surface area contributed by atoms with E-state index in [1.807, 2.05) is 52.1 Å². The summed E-state index contributed by atoms with van der Waals surface area (Å²) in [5, 5.41) is 9.27. The van der Waals surface area contributed by atoms with Crippen LogP contribution in [0.5, 0.6) is 0 Å². The normalized spacial score (nSPS) is 19.3. The van der Waals surface area contributed by atoms with Crippen molar-refractivity contribution in [2.75, 3.05) is 13.2 Å². The molecule has 16 heteroatoms. The fourth-order valence-corrected chi connectivity index (χ4v) is 10.3. The molecule has 9 heterocycles. The number of pyridine rings is 2. The van der Waals surface area contributed by atoms with Crippen LogP contribution in [-0.4, -0.2) is 72.4 Å². The Bertz CT molecular complexity index is 3270. The number of H-pyrrole nitrogens is 1. The van der Waals surface area contributed by atoms with Gasteiger partial charge >= 0.3 is 11.4 Å². The number of fused-ring (bicyclic) bond motifs is 3. The molecule has 322 valence electrons. The van der Waals surface area contributed by atoms with E-state index in [9.17, 15) is 9.59 Å². The Balaban J connectivity index is 1.05. The molecule has 1 aromatic carbocycles. The van der Waals surface area contributed by atoms with E-state index in [4.69, 9.17) is 14.4 Å². The van der Waals surface area contributed by atoms with E-state index in [0.29, 0.717) is 77.7 Å². The maximum atomic E-state index is 15.4. The first-order valence-electron chi connectivity index (χ1n) is 21.5. The highest BCUT2D eigenvalue weighted by molar-refractivity contribution is 5.99. The molecule has 7 aromatic heterocycles. The van der Waals surface area contributed by atoms with Crippen LogP contribution < -0.4 is 11.4 Å². The third kappa shape index (κ3) is 6.08. The van der Waals surface area contributed by atoms with Gasteiger partial charge in [0.05, 0.1) is 56.9 Å². The van der Waals surface area contributed by atoms with Gasteiger partial charge in [0.25, 0.3) is 5.91 Å². The Morgan fingerprint density at radius 3 is 2.48 bits per heavy atom. The third-order valence-corrected chi connectivity index (χ3v) is 13.7. The Labute approximate surface area is 360 Å². The summed E-state index contributed by atoms with van der Waals surface area (Å²) in [5.41, 5.74) is 6.45. The number of benzene rings is 1. The number of aromatic nitrogens is 9. The number of carbonyl (C=O) groups is 1. The van der Waals surface area contributed by atoms with Crippen molar-refractivity contribution in [1.29, 1.82) is 0 Å². The first kappa shape index (κ1) is 39.1. The molecule has 0 radical (unpaired) electrons. The number of halogens is 1. The molecule has 15 nitrogen and oxygen atoms in total. The van der Waals surface area contributed by atoms with Crippen molar-refractivity contribution in [2.24, 2.45) is 0 Å². The van der Waals surface area contributed by atoms with E-state index in [-0.39, 0.29) is 28.9 Å². The molecule has 1 N–H and O–H groups in total. The summed E-state index contributed by atoms with van der Waals surface area (Å²) in [7, 11) is 0. The molecule has 8 aromatic rings. The molecule has 2 atom stereocenters. The number of aryl methyl sites for hydroxylation is 3. The molecule has 2 fully saturated rings. The molecule has 0 bridgehead atoms. The summed E-state index contributed by atoms with van der Waals surface area (Å²) in [5.74, 6) is 0.838. The second-order valence-corrected chi connectivity index (χ2v) is 18.2. The van der Waals surface area contributed by atoms with E-state index < -0.39 is 17.2 Å². The lowest BCUT2D eigenvalue weighted by molar-refractivity contribution is -0.0593. The number of aromatic amines is 1. The van der Waals surface area contributed by atoms with Crippen molar-refractivity contribution in [3.63, 3.8) is 0 Å². The SMILES string of the molecule is Cc1cc(-n2nc3c(c2-n2ccn(-c4ccn5c(C)ncc5c4)c2=O)[C@H](C)N(C(=O)c2cn4cc(C5CCOC(C)(C)C5)ccc4c2C2(c4noc(=O)[nH]4)CC2)CC3)cc(C)c1F. The number of carbonyl (C=O) groups excluding carboxylic acids is 1. The number of imidazole rings is 2. The summed E-state index contributed by atoms with van der Waals surface area (Å²) in [6.45, 7) is 12.6. The Kier molecular flexibility index (Phi) is 8.59. The van der Waals surface area contributed by atoms with Gasteiger partial charge in [0.2, 0.25) is 0 Å². The zero-order chi connectivity index (χ0) is 43.7. The largest absolute Gasteiger partial charge is 0.438 e. The van der Waals surface area contributed by atoms with Gasteiger partial charge in [0.1, 0.15) is 17.5 Å². The molecule has 1 aliphatic carbocycles. The van der Waals surface area contributed by atoms with Crippen molar-refractivity contribution in [1.82, 2.24) is 47.7 Å². The van der Waals surface area contributed by atoms with E-state index in [1.165, 1.54) is 0 Å². The van der Waals surface area contributed by atoms with Gasteiger partial charge in [-0.05, 0) is 120 Å². The lowest BCUT2D eigenvalue weighted by Crippen LogP contribution is -2.40. The Morgan fingerprint density at radius 1 is 0.968 bits per heavy atom. The number of ether oxygens (including phenoxy) is 1. The van der Waals surface area contributed by atoms with E-state index in [0.717, 1.165) is 46.5 Å². The predicted molar refractivity (Wildman–Crippen MR) is 231 cm³/mol. The van der Waals surface area contributed by atoms with Gasteiger partial charge < -0.3 is 18.4 Å².